The first-order valence-electron chi connectivity index (χ1n) is 3.97. The molecule has 0 saturated carbocycles. The van der Waals surface area contributed by atoms with Crippen LogP contribution >= 0.6 is 0 Å². The van der Waals surface area contributed by atoms with Gasteiger partial charge in [0.05, 0.1) is 6.04 Å². The van der Waals surface area contributed by atoms with Gasteiger partial charge in [0.1, 0.15) is 6.33 Å². The van der Waals surface area contributed by atoms with E-state index in [0.717, 1.165) is 0 Å². The predicted molar refractivity (Wildman–Crippen MR) is 45.1 cm³/mol. The van der Waals surface area contributed by atoms with Crippen LogP contribution in [0.15, 0.2) is 11.4 Å². The summed E-state index contributed by atoms with van der Waals surface area (Å²) in [6.07, 6.45) is 3.91. The van der Waals surface area contributed by atoms with Gasteiger partial charge < -0.3 is 5.32 Å². The lowest BCUT2D eigenvalue weighted by molar-refractivity contribution is -0.119. The third-order valence-electron chi connectivity index (χ3n) is 1.79. The van der Waals surface area contributed by atoms with Crippen molar-refractivity contribution >= 4 is 12.1 Å². The molecule has 0 fully saturated rings. The summed E-state index contributed by atoms with van der Waals surface area (Å²) < 4.78 is 1.56. The molecule has 6 heteroatoms. The van der Waals surface area contributed by atoms with Crippen molar-refractivity contribution in [2.45, 2.75) is 19.4 Å². The molecule has 0 aliphatic carbocycles. The molecule has 1 aromatic heterocycles. The summed E-state index contributed by atoms with van der Waals surface area (Å²) in [5.74, 6) is 0.604. The molecule has 1 N–H and O–H groups in total. The molecule has 68 valence electrons. The van der Waals surface area contributed by atoms with E-state index in [0.29, 0.717) is 12.2 Å². The second kappa shape index (κ2) is 2.96. The van der Waals surface area contributed by atoms with E-state index in [1.165, 1.54) is 13.3 Å². The second-order valence-electron chi connectivity index (χ2n) is 2.82. The predicted octanol–water partition coefficient (Wildman–Crippen LogP) is -0.307. The van der Waals surface area contributed by atoms with Crippen molar-refractivity contribution < 1.29 is 4.79 Å². The summed E-state index contributed by atoms with van der Waals surface area (Å²) in [6.45, 7) is 1.48. The molecular formula is C7H9N5O. The van der Waals surface area contributed by atoms with Gasteiger partial charge in [-0.05, 0) is 0 Å². The normalized spacial score (nSPS) is 19.6. The SMILES string of the molecule is CC(=O)NC1CC=Nn2cnnc21. The van der Waals surface area contributed by atoms with Gasteiger partial charge in [0.2, 0.25) is 5.91 Å². The molecule has 2 rings (SSSR count). The second-order valence-corrected chi connectivity index (χ2v) is 2.82. The molecule has 1 aliphatic rings. The first-order chi connectivity index (χ1) is 6.27. The molecular weight excluding hydrogens is 170 g/mol. The number of nitrogens with zero attached hydrogens (tertiary/aromatic N) is 4. The average Bonchev–Trinajstić information content (AvgIpc) is 2.51. The zero-order chi connectivity index (χ0) is 9.26. The zero-order valence-corrected chi connectivity index (χ0v) is 7.14. The summed E-state index contributed by atoms with van der Waals surface area (Å²) in [7, 11) is 0. The van der Waals surface area contributed by atoms with Gasteiger partial charge in [-0.3, -0.25) is 4.79 Å². The molecule has 13 heavy (non-hydrogen) atoms. The number of carbonyl (C=O) groups excluding carboxylic acids is 1. The summed E-state index contributed by atoms with van der Waals surface area (Å²) in [5, 5.41) is 14.4. The highest BCUT2D eigenvalue weighted by Crippen LogP contribution is 2.16. The fraction of sp³-hybridized carbons (Fsp3) is 0.429. The Balaban J connectivity index is 2.25. The molecule has 0 saturated heterocycles. The summed E-state index contributed by atoms with van der Waals surface area (Å²) >= 11 is 0. The van der Waals surface area contributed by atoms with Crippen molar-refractivity contribution in [1.29, 1.82) is 0 Å². The fourth-order valence-corrected chi connectivity index (χ4v) is 1.27. The van der Waals surface area contributed by atoms with Gasteiger partial charge >= 0.3 is 0 Å². The lowest BCUT2D eigenvalue weighted by Gasteiger charge is -2.17. The van der Waals surface area contributed by atoms with E-state index < -0.39 is 0 Å². The average molecular weight is 179 g/mol. The fourth-order valence-electron chi connectivity index (χ4n) is 1.27. The van der Waals surface area contributed by atoms with Gasteiger partial charge in [-0.15, -0.1) is 10.2 Å². The zero-order valence-electron chi connectivity index (χ0n) is 7.14. The summed E-state index contributed by atoms with van der Waals surface area (Å²) in [5.41, 5.74) is 0. The van der Waals surface area contributed by atoms with Crippen LogP contribution in [-0.4, -0.2) is 27.0 Å². The van der Waals surface area contributed by atoms with E-state index in [9.17, 15) is 4.79 Å². The quantitative estimate of drug-likeness (QED) is 0.642. The minimum absolute atomic E-state index is 0.0742. The Hall–Kier alpha value is -1.72. The minimum Gasteiger partial charge on any atom is -0.346 e. The molecule has 0 bridgehead atoms. The van der Waals surface area contributed by atoms with Crippen LogP contribution in [0.4, 0.5) is 0 Å². The van der Waals surface area contributed by atoms with Crippen molar-refractivity contribution in [1.82, 2.24) is 20.2 Å². The Morgan fingerprint density at radius 2 is 2.62 bits per heavy atom. The number of hydrogen-bond donors (Lipinski definition) is 1. The van der Waals surface area contributed by atoms with Crippen LogP contribution in [0, 0.1) is 0 Å². The van der Waals surface area contributed by atoms with Crippen LogP contribution in [0.1, 0.15) is 25.2 Å². The third kappa shape index (κ3) is 1.42. The number of carbonyl (C=O) groups is 1. The van der Waals surface area contributed by atoms with Crippen LogP contribution in [-0.2, 0) is 4.79 Å². The molecule has 0 aromatic carbocycles. The Morgan fingerprint density at radius 3 is 3.38 bits per heavy atom. The maximum Gasteiger partial charge on any atom is 0.217 e. The van der Waals surface area contributed by atoms with E-state index >= 15 is 0 Å². The van der Waals surface area contributed by atoms with Crippen molar-refractivity contribution in [2.75, 3.05) is 0 Å². The van der Waals surface area contributed by atoms with Crippen LogP contribution < -0.4 is 5.32 Å². The summed E-state index contributed by atoms with van der Waals surface area (Å²) in [4.78, 5) is 10.8. The first kappa shape index (κ1) is 7.90. The lowest BCUT2D eigenvalue weighted by Crippen LogP contribution is -2.30. The van der Waals surface area contributed by atoms with E-state index in [2.05, 4.69) is 20.6 Å². The Kier molecular flexibility index (Phi) is 1.80. The van der Waals surface area contributed by atoms with E-state index in [-0.39, 0.29) is 11.9 Å². The lowest BCUT2D eigenvalue weighted by atomic mass is 10.2. The molecule has 1 unspecified atom stereocenters. The van der Waals surface area contributed by atoms with Crippen molar-refractivity contribution in [2.24, 2.45) is 5.10 Å². The largest absolute Gasteiger partial charge is 0.346 e. The number of fused-ring (bicyclic) bond motifs is 1. The molecule has 1 aromatic rings. The van der Waals surface area contributed by atoms with Gasteiger partial charge in [-0.2, -0.15) is 5.10 Å². The maximum absolute atomic E-state index is 10.8. The number of rotatable bonds is 1. The molecule has 1 atom stereocenters. The van der Waals surface area contributed by atoms with Crippen molar-refractivity contribution in [3.05, 3.63) is 12.2 Å². The van der Waals surface area contributed by atoms with Crippen molar-refractivity contribution in [3.63, 3.8) is 0 Å². The molecule has 1 amide bonds. The Morgan fingerprint density at radius 1 is 1.77 bits per heavy atom. The highest BCUT2D eigenvalue weighted by Gasteiger charge is 2.20. The van der Waals surface area contributed by atoms with Gasteiger partial charge in [0.15, 0.2) is 5.82 Å². The van der Waals surface area contributed by atoms with Crippen LogP contribution in [0.25, 0.3) is 0 Å². The van der Waals surface area contributed by atoms with E-state index in [4.69, 9.17) is 0 Å². The molecule has 2 heterocycles. The molecule has 1 aliphatic heterocycles. The standard InChI is InChI=1S/C7H9N5O/c1-5(13)10-6-2-3-9-12-4-8-11-7(6)12/h3-4,6H,2H2,1H3,(H,10,13). The number of hydrogen-bond acceptors (Lipinski definition) is 4. The summed E-state index contributed by atoms with van der Waals surface area (Å²) in [6, 6.07) is -0.0995. The van der Waals surface area contributed by atoms with Gasteiger partial charge in [0.25, 0.3) is 0 Å². The highest BCUT2D eigenvalue weighted by atomic mass is 16.1. The topological polar surface area (TPSA) is 72.2 Å². The van der Waals surface area contributed by atoms with Crippen molar-refractivity contribution in [3.8, 4) is 0 Å². The van der Waals surface area contributed by atoms with E-state index in [1.54, 1.807) is 10.9 Å². The smallest absolute Gasteiger partial charge is 0.217 e. The number of aromatic nitrogens is 3. The monoisotopic (exact) mass is 179 g/mol. The number of amides is 1. The minimum atomic E-state index is -0.0995. The van der Waals surface area contributed by atoms with Gasteiger partial charge in [-0.25, -0.2) is 4.68 Å². The number of nitrogens with one attached hydrogen (secondary N) is 1. The third-order valence-corrected chi connectivity index (χ3v) is 1.79. The van der Waals surface area contributed by atoms with Gasteiger partial charge in [0, 0.05) is 19.6 Å². The molecule has 0 radical (unpaired) electrons. The van der Waals surface area contributed by atoms with Crippen LogP contribution in [0.2, 0.25) is 0 Å². The molecule has 0 spiro atoms. The first-order valence-corrected chi connectivity index (χ1v) is 3.97. The van der Waals surface area contributed by atoms with E-state index in [1.807, 2.05) is 0 Å². The Labute approximate surface area is 74.7 Å². The molecule has 6 nitrogen and oxygen atoms in total. The maximum atomic E-state index is 10.8. The van der Waals surface area contributed by atoms with Crippen LogP contribution in [0.5, 0.6) is 0 Å². The van der Waals surface area contributed by atoms with Gasteiger partial charge in [-0.1, -0.05) is 0 Å². The highest BCUT2D eigenvalue weighted by molar-refractivity contribution is 5.74. The Bertz CT molecular complexity index is 356. The van der Waals surface area contributed by atoms with Crippen LogP contribution in [0.3, 0.4) is 0 Å².